The molecular weight excluding hydrogens is 286 g/mol. The van der Waals surface area contributed by atoms with E-state index in [1.165, 1.54) is 18.4 Å². The number of hydrogen-bond acceptors (Lipinski definition) is 2. The smallest absolute Gasteiger partial charge is 0.193 e. The lowest BCUT2D eigenvalue weighted by Gasteiger charge is -2.34. The molecule has 3 rings (SSSR count). The maximum atomic E-state index is 5.76. The monoisotopic (exact) mass is 315 g/mol. The number of guanidine groups is 1. The molecule has 4 nitrogen and oxygen atoms in total. The third-order valence-electron chi connectivity index (χ3n) is 4.84. The summed E-state index contributed by atoms with van der Waals surface area (Å²) in [6.07, 6.45) is 3.66. The van der Waals surface area contributed by atoms with E-state index in [9.17, 15) is 0 Å². The second kappa shape index (κ2) is 7.71. The first kappa shape index (κ1) is 16.2. The van der Waals surface area contributed by atoms with Crippen LogP contribution in [0.2, 0.25) is 0 Å². The molecular formula is C19H29N3O. The van der Waals surface area contributed by atoms with Crippen LogP contribution in [0.5, 0.6) is 5.75 Å². The molecule has 2 unspecified atom stereocenters. The van der Waals surface area contributed by atoms with Crippen molar-refractivity contribution in [3.05, 3.63) is 29.8 Å². The number of para-hydroxylation sites is 1. The largest absolute Gasteiger partial charge is 0.493 e. The molecule has 0 saturated carbocycles. The third kappa shape index (κ3) is 3.98. The molecule has 1 aromatic carbocycles. The first-order chi connectivity index (χ1) is 11.3. The highest BCUT2D eigenvalue weighted by molar-refractivity contribution is 5.80. The second-order valence-corrected chi connectivity index (χ2v) is 6.76. The van der Waals surface area contributed by atoms with Crippen molar-refractivity contribution in [2.75, 3.05) is 32.8 Å². The summed E-state index contributed by atoms with van der Waals surface area (Å²) in [5, 5.41) is 3.48. The average molecular weight is 315 g/mol. The van der Waals surface area contributed by atoms with Crippen molar-refractivity contribution in [2.24, 2.45) is 10.9 Å². The molecule has 4 heteroatoms. The predicted octanol–water partition coefficient (Wildman–Crippen LogP) is 3.25. The Hall–Kier alpha value is -1.71. The molecule has 0 radical (unpaired) electrons. The quantitative estimate of drug-likeness (QED) is 0.687. The number of likely N-dealkylation sites (tertiary alicyclic amines) is 1. The molecule has 0 spiro atoms. The first-order valence-electron chi connectivity index (χ1n) is 9.03. The lowest BCUT2D eigenvalue weighted by molar-refractivity contribution is 0.261. The Morgan fingerprint density at radius 1 is 1.35 bits per heavy atom. The Morgan fingerprint density at radius 3 is 3.04 bits per heavy atom. The van der Waals surface area contributed by atoms with Gasteiger partial charge in [-0.3, -0.25) is 4.99 Å². The fraction of sp³-hybridized carbons (Fsp3) is 0.632. The Morgan fingerprint density at radius 2 is 2.22 bits per heavy atom. The van der Waals surface area contributed by atoms with Gasteiger partial charge in [0.25, 0.3) is 0 Å². The SMILES string of the molecule is CCNC(=NCC1CCOc2ccccc21)N1CCCC(C)C1. The Labute approximate surface area is 139 Å². The van der Waals surface area contributed by atoms with Crippen LogP contribution in [-0.4, -0.2) is 43.6 Å². The van der Waals surface area contributed by atoms with Crippen molar-refractivity contribution < 1.29 is 4.74 Å². The van der Waals surface area contributed by atoms with Gasteiger partial charge in [-0.2, -0.15) is 0 Å². The van der Waals surface area contributed by atoms with Crippen LogP contribution in [0.15, 0.2) is 29.3 Å². The summed E-state index contributed by atoms with van der Waals surface area (Å²) >= 11 is 0. The normalized spacial score (nSPS) is 24.8. The van der Waals surface area contributed by atoms with E-state index in [1.54, 1.807) is 0 Å². The van der Waals surface area contributed by atoms with E-state index in [1.807, 2.05) is 6.07 Å². The molecule has 1 N–H and O–H groups in total. The molecule has 2 heterocycles. The number of ether oxygens (including phenoxy) is 1. The summed E-state index contributed by atoms with van der Waals surface area (Å²) in [5.41, 5.74) is 1.31. The molecule has 0 bridgehead atoms. The first-order valence-corrected chi connectivity index (χ1v) is 9.03. The van der Waals surface area contributed by atoms with Gasteiger partial charge in [0.15, 0.2) is 5.96 Å². The number of nitrogens with zero attached hydrogens (tertiary/aromatic N) is 2. The molecule has 23 heavy (non-hydrogen) atoms. The highest BCUT2D eigenvalue weighted by atomic mass is 16.5. The average Bonchev–Trinajstić information content (AvgIpc) is 2.58. The van der Waals surface area contributed by atoms with Crippen molar-refractivity contribution in [3.8, 4) is 5.75 Å². The van der Waals surface area contributed by atoms with Gasteiger partial charge in [0.1, 0.15) is 5.75 Å². The summed E-state index contributed by atoms with van der Waals surface area (Å²) < 4.78 is 5.76. The zero-order chi connectivity index (χ0) is 16.1. The summed E-state index contributed by atoms with van der Waals surface area (Å²) in [6, 6.07) is 8.40. The molecule has 2 aliphatic rings. The van der Waals surface area contributed by atoms with Gasteiger partial charge in [-0.05, 0) is 43.7 Å². The van der Waals surface area contributed by atoms with E-state index in [0.29, 0.717) is 5.92 Å². The highest BCUT2D eigenvalue weighted by Crippen LogP contribution is 2.33. The van der Waals surface area contributed by atoms with Crippen LogP contribution < -0.4 is 10.1 Å². The van der Waals surface area contributed by atoms with E-state index < -0.39 is 0 Å². The lowest BCUT2D eigenvalue weighted by atomic mass is 9.93. The molecule has 2 aliphatic heterocycles. The number of benzene rings is 1. The van der Waals surface area contributed by atoms with Crippen LogP contribution in [0.3, 0.4) is 0 Å². The number of piperidine rings is 1. The summed E-state index contributed by atoms with van der Waals surface area (Å²) in [4.78, 5) is 7.40. The molecule has 0 aromatic heterocycles. The van der Waals surface area contributed by atoms with E-state index in [-0.39, 0.29) is 0 Å². The maximum Gasteiger partial charge on any atom is 0.193 e. The summed E-state index contributed by atoms with van der Waals surface area (Å²) in [6.45, 7) is 9.30. The Bertz CT molecular complexity index is 543. The van der Waals surface area contributed by atoms with Crippen molar-refractivity contribution in [2.45, 2.75) is 39.0 Å². The Balaban J connectivity index is 1.71. The van der Waals surface area contributed by atoms with Gasteiger partial charge < -0.3 is 15.0 Å². The third-order valence-corrected chi connectivity index (χ3v) is 4.84. The second-order valence-electron chi connectivity index (χ2n) is 6.76. The van der Waals surface area contributed by atoms with E-state index >= 15 is 0 Å². The van der Waals surface area contributed by atoms with Crippen LogP contribution in [0.4, 0.5) is 0 Å². The summed E-state index contributed by atoms with van der Waals surface area (Å²) in [5.74, 6) is 3.35. The van der Waals surface area contributed by atoms with Gasteiger partial charge in [0, 0.05) is 32.1 Å². The zero-order valence-electron chi connectivity index (χ0n) is 14.4. The van der Waals surface area contributed by atoms with Crippen molar-refractivity contribution in [1.29, 1.82) is 0 Å². The van der Waals surface area contributed by atoms with Gasteiger partial charge >= 0.3 is 0 Å². The van der Waals surface area contributed by atoms with E-state index in [4.69, 9.17) is 9.73 Å². The number of aliphatic imine (C=N–C) groups is 1. The fourth-order valence-electron chi connectivity index (χ4n) is 3.61. The van der Waals surface area contributed by atoms with Gasteiger partial charge in [0.05, 0.1) is 6.61 Å². The number of fused-ring (bicyclic) bond motifs is 1. The van der Waals surface area contributed by atoms with Crippen LogP contribution in [0.25, 0.3) is 0 Å². The lowest BCUT2D eigenvalue weighted by Crippen LogP contribution is -2.46. The molecule has 2 atom stereocenters. The Kier molecular flexibility index (Phi) is 5.42. The van der Waals surface area contributed by atoms with E-state index in [0.717, 1.165) is 56.8 Å². The van der Waals surface area contributed by atoms with Gasteiger partial charge in [0.2, 0.25) is 0 Å². The molecule has 1 fully saturated rings. The minimum atomic E-state index is 0.468. The predicted molar refractivity (Wildman–Crippen MR) is 95.2 cm³/mol. The fourth-order valence-corrected chi connectivity index (χ4v) is 3.61. The number of hydrogen-bond donors (Lipinski definition) is 1. The summed E-state index contributed by atoms with van der Waals surface area (Å²) in [7, 11) is 0. The molecule has 0 aliphatic carbocycles. The van der Waals surface area contributed by atoms with Crippen LogP contribution in [0, 0.1) is 5.92 Å². The number of rotatable bonds is 3. The highest BCUT2D eigenvalue weighted by Gasteiger charge is 2.23. The topological polar surface area (TPSA) is 36.9 Å². The van der Waals surface area contributed by atoms with Crippen molar-refractivity contribution in [1.82, 2.24) is 10.2 Å². The number of nitrogens with one attached hydrogen (secondary N) is 1. The van der Waals surface area contributed by atoms with Gasteiger partial charge in [-0.25, -0.2) is 0 Å². The van der Waals surface area contributed by atoms with Crippen LogP contribution in [0.1, 0.15) is 44.6 Å². The minimum Gasteiger partial charge on any atom is -0.493 e. The van der Waals surface area contributed by atoms with Gasteiger partial charge in [-0.1, -0.05) is 25.1 Å². The maximum absolute atomic E-state index is 5.76. The van der Waals surface area contributed by atoms with Gasteiger partial charge in [-0.15, -0.1) is 0 Å². The molecule has 1 aromatic rings. The van der Waals surface area contributed by atoms with Crippen molar-refractivity contribution in [3.63, 3.8) is 0 Å². The zero-order valence-corrected chi connectivity index (χ0v) is 14.4. The molecule has 0 amide bonds. The standard InChI is InChI=1S/C19H29N3O/c1-3-20-19(22-11-6-7-15(2)14-22)21-13-16-10-12-23-18-9-5-4-8-17(16)18/h4-5,8-9,15-16H,3,6-7,10-14H2,1-2H3,(H,20,21). The molecule has 126 valence electrons. The van der Waals surface area contributed by atoms with E-state index in [2.05, 4.69) is 42.3 Å². The van der Waals surface area contributed by atoms with Crippen LogP contribution >= 0.6 is 0 Å². The minimum absolute atomic E-state index is 0.468. The van der Waals surface area contributed by atoms with Crippen LogP contribution in [-0.2, 0) is 0 Å². The van der Waals surface area contributed by atoms with Crippen molar-refractivity contribution >= 4 is 5.96 Å². The molecule has 1 saturated heterocycles.